The topological polar surface area (TPSA) is 83.1 Å². The average Bonchev–Trinajstić information content (AvgIpc) is 2.78. The highest BCUT2D eigenvalue weighted by Crippen LogP contribution is 2.02. The molecule has 0 amide bonds. The summed E-state index contributed by atoms with van der Waals surface area (Å²) in [5.74, 6) is 0. The maximum atomic E-state index is 5.87. The van der Waals surface area contributed by atoms with Gasteiger partial charge < -0.3 is 42.6 Å². The molecule has 0 aromatic rings. The number of ether oxygens (including phenoxy) is 9. The van der Waals surface area contributed by atoms with Crippen LogP contribution in [0.2, 0.25) is 0 Å². The summed E-state index contributed by atoms with van der Waals surface area (Å²) in [6, 6.07) is 0. The molecular weight excluding hydrogens is 868 g/mol. The van der Waals surface area contributed by atoms with Crippen molar-refractivity contribution < 1.29 is 42.6 Å². The smallest absolute Gasteiger partial charge is 0.104 e. The van der Waals surface area contributed by atoms with Crippen molar-refractivity contribution in [2.75, 3.05) is 97.7 Å². The maximum absolute atomic E-state index is 5.87. The molecule has 0 spiro atoms. The van der Waals surface area contributed by atoms with Crippen molar-refractivity contribution in [3.63, 3.8) is 0 Å². The molecule has 31 heavy (non-hydrogen) atoms. The number of hydrogen-bond donors (Lipinski definition) is 0. The summed E-state index contributed by atoms with van der Waals surface area (Å²) >= 11 is 8.63. The van der Waals surface area contributed by atoms with E-state index in [0.29, 0.717) is 97.7 Å². The molecule has 0 saturated carbocycles. The van der Waals surface area contributed by atoms with Crippen molar-refractivity contribution in [2.24, 2.45) is 0 Å². The fraction of sp³-hybridized carbons (Fsp3) is 1.00. The van der Waals surface area contributed by atoms with Crippen molar-refractivity contribution in [2.45, 2.75) is 12.2 Å². The quantitative estimate of drug-likeness (QED) is 0.0738. The molecule has 9 nitrogen and oxygen atoms in total. The molecule has 0 aliphatic rings. The second kappa shape index (κ2) is 28.8. The monoisotopic (exact) mass is 902 g/mol. The fourth-order valence-electron chi connectivity index (χ4n) is 2.05. The lowest BCUT2D eigenvalue weighted by Crippen LogP contribution is -2.32. The van der Waals surface area contributed by atoms with E-state index in [2.05, 4.69) is 90.4 Å². The van der Waals surface area contributed by atoms with Gasteiger partial charge in [-0.1, -0.05) is 90.4 Å². The lowest BCUT2D eigenvalue weighted by Gasteiger charge is -2.21. The van der Waals surface area contributed by atoms with Crippen LogP contribution in [0.5, 0.6) is 0 Å². The second-order valence-corrected chi connectivity index (χ2v) is 8.23. The molecule has 0 rings (SSSR count). The Morgan fingerprint density at radius 1 is 0.355 bits per heavy atom. The highest BCUT2D eigenvalue weighted by atomic mass is 127. The normalized spacial score (nSPS) is 13.5. The molecule has 0 fully saturated rings. The van der Waals surface area contributed by atoms with Crippen LogP contribution in [-0.4, -0.2) is 110 Å². The van der Waals surface area contributed by atoms with Crippen molar-refractivity contribution in [1.29, 1.82) is 0 Å². The Labute approximate surface area is 240 Å². The van der Waals surface area contributed by atoms with Gasteiger partial charge in [0.2, 0.25) is 0 Å². The van der Waals surface area contributed by atoms with Crippen LogP contribution in [0, 0.1) is 0 Å². The Bertz CT molecular complexity index is 319. The summed E-state index contributed by atoms with van der Waals surface area (Å²) in [5.41, 5.74) is 0. The van der Waals surface area contributed by atoms with Crippen LogP contribution in [-0.2, 0) is 42.6 Å². The summed E-state index contributed by atoms with van der Waals surface area (Å²) in [5, 5.41) is 0. The molecule has 2 unspecified atom stereocenters. The summed E-state index contributed by atoms with van der Waals surface area (Å²) in [4.78, 5) is 0. The molecule has 0 N–H and O–H groups in total. The molecule has 0 saturated heterocycles. The third-order valence-corrected chi connectivity index (χ3v) is 5.19. The van der Waals surface area contributed by atoms with Crippen molar-refractivity contribution >= 4 is 90.4 Å². The molecule has 13 heteroatoms. The minimum atomic E-state index is -0.196. The predicted octanol–water partition coefficient (Wildman–Crippen LogP) is 3.44. The Morgan fingerprint density at radius 2 is 0.645 bits per heavy atom. The van der Waals surface area contributed by atoms with Crippen molar-refractivity contribution in [3.05, 3.63) is 0 Å². The van der Waals surface area contributed by atoms with Gasteiger partial charge in [-0.25, -0.2) is 0 Å². The molecule has 0 radical (unpaired) electrons. The molecule has 0 aromatic heterocycles. The van der Waals surface area contributed by atoms with E-state index in [1.807, 2.05) is 0 Å². The Balaban J connectivity index is 4.29. The molecular formula is C18H34I4O9. The molecule has 188 valence electrons. The minimum Gasteiger partial charge on any atom is -0.376 e. The minimum absolute atomic E-state index is 0.196. The van der Waals surface area contributed by atoms with Gasteiger partial charge in [-0.2, -0.15) is 0 Å². The first-order valence-corrected chi connectivity index (χ1v) is 15.9. The van der Waals surface area contributed by atoms with Crippen LogP contribution in [0.4, 0.5) is 0 Å². The molecule has 2 atom stereocenters. The van der Waals surface area contributed by atoms with Crippen LogP contribution in [0.1, 0.15) is 0 Å². The number of alkyl halides is 4. The zero-order valence-electron chi connectivity index (χ0n) is 17.7. The van der Waals surface area contributed by atoms with Gasteiger partial charge >= 0.3 is 0 Å². The van der Waals surface area contributed by atoms with E-state index in [1.165, 1.54) is 0 Å². The third-order valence-electron chi connectivity index (χ3n) is 3.43. The van der Waals surface area contributed by atoms with Gasteiger partial charge in [-0.3, -0.25) is 0 Å². The van der Waals surface area contributed by atoms with Gasteiger partial charge in [-0.15, -0.1) is 0 Å². The van der Waals surface area contributed by atoms with Crippen LogP contribution in [0.25, 0.3) is 0 Å². The van der Waals surface area contributed by atoms with E-state index in [0.717, 1.165) is 0 Å². The molecule has 0 aromatic carbocycles. The highest BCUT2D eigenvalue weighted by molar-refractivity contribution is 14.1. The van der Waals surface area contributed by atoms with Crippen molar-refractivity contribution in [1.82, 2.24) is 0 Å². The van der Waals surface area contributed by atoms with E-state index >= 15 is 0 Å². The fourth-order valence-corrected chi connectivity index (χ4v) is 3.30. The summed E-state index contributed by atoms with van der Waals surface area (Å²) < 4.78 is 52.6. The zero-order chi connectivity index (χ0) is 22.8. The van der Waals surface area contributed by atoms with E-state index in [1.54, 1.807) is 0 Å². The largest absolute Gasteiger partial charge is 0.376 e. The van der Waals surface area contributed by atoms with Gasteiger partial charge in [-0.05, 0) is 0 Å². The van der Waals surface area contributed by atoms with Gasteiger partial charge in [0.05, 0.1) is 97.7 Å². The van der Waals surface area contributed by atoms with Gasteiger partial charge in [0.25, 0.3) is 0 Å². The van der Waals surface area contributed by atoms with Crippen molar-refractivity contribution in [3.8, 4) is 0 Å². The lowest BCUT2D eigenvalue weighted by molar-refractivity contribution is -0.106. The first kappa shape index (κ1) is 33.6. The first-order valence-electron chi connectivity index (χ1n) is 9.79. The number of hydrogen-bond acceptors (Lipinski definition) is 9. The Kier molecular flexibility index (Phi) is 31.2. The maximum Gasteiger partial charge on any atom is 0.104 e. The van der Waals surface area contributed by atoms with E-state index in [-0.39, 0.29) is 12.2 Å². The van der Waals surface area contributed by atoms with E-state index in [4.69, 9.17) is 42.6 Å². The zero-order valence-corrected chi connectivity index (χ0v) is 26.3. The van der Waals surface area contributed by atoms with Crippen LogP contribution >= 0.6 is 90.4 Å². The standard InChI is InChI=1S/C18H34I4O9/c19-13-25-3-1-23-9-17(30-7-5-27-15-21)11-29-12-18(31-8-6-28-16-22)10-24-2-4-26-14-20/h17-18H,1-16H2. The molecule has 0 aliphatic heterocycles. The molecule has 0 bridgehead atoms. The SMILES string of the molecule is ICOCCOCC(COCC(COCCOCI)OCCOCI)OCCOCI. The van der Waals surface area contributed by atoms with Gasteiger partial charge in [0, 0.05) is 0 Å². The van der Waals surface area contributed by atoms with Crippen LogP contribution < -0.4 is 0 Å². The Morgan fingerprint density at radius 3 is 1.00 bits per heavy atom. The van der Waals surface area contributed by atoms with Gasteiger partial charge in [0.1, 0.15) is 12.2 Å². The van der Waals surface area contributed by atoms with Gasteiger partial charge in [0.15, 0.2) is 0 Å². The summed E-state index contributed by atoms with van der Waals surface area (Å²) in [6.45, 7) is 5.81. The number of rotatable bonds is 26. The average molecular weight is 902 g/mol. The highest BCUT2D eigenvalue weighted by Gasteiger charge is 2.14. The Hall–Kier alpha value is 2.56. The molecule has 0 aliphatic carbocycles. The number of halogens is 4. The van der Waals surface area contributed by atoms with E-state index in [9.17, 15) is 0 Å². The summed E-state index contributed by atoms with van der Waals surface area (Å²) in [6.07, 6.45) is -0.392. The van der Waals surface area contributed by atoms with Crippen LogP contribution in [0.3, 0.4) is 0 Å². The second-order valence-electron chi connectivity index (χ2n) is 5.74. The molecule has 0 heterocycles. The van der Waals surface area contributed by atoms with E-state index < -0.39 is 0 Å². The van der Waals surface area contributed by atoms with Crippen LogP contribution in [0.15, 0.2) is 0 Å². The lowest BCUT2D eigenvalue weighted by atomic mass is 10.3. The summed E-state index contributed by atoms with van der Waals surface area (Å²) in [7, 11) is 0. The first-order chi connectivity index (χ1) is 15.3. The third kappa shape index (κ3) is 25.5. The predicted molar refractivity (Wildman–Crippen MR) is 151 cm³/mol.